The van der Waals surface area contributed by atoms with E-state index in [4.69, 9.17) is 14.2 Å². The highest BCUT2D eigenvalue weighted by Crippen LogP contribution is 2.25. The summed E-state index contributed by atoms with van der Waals surface area (Å²) in [7, 11) is 0. The van der Waals surface area contributed by atoms with E-state index < -0.39 is 24.0 Å². The standard InChI is InChI=1S/C17H21F3O4/c1-12(10-17(18,19)20)16(21)22-11-15(23-13-6-2-3-7-13)24-14-8-4-5-9-14/h6,8,10,15H,2-5,7,9,11H2,1H3. The number of alkyl halides is 3. The molecule has 0 unspecified atom stereocenters. The molecular formula is C17H21F3O4. The first-order valence-corrected chi connectivity index (χ1v) is 7.98. The molecule has 0 saturated heterocycles. The second-order valence-corrected chi connectivity index (χ2v) is 5.76. The highest BCUT2D eigenvalue weighted by molar-refractivity contribution is 5.87. The van der Waals surface area contributed by atoms with E-state index in [9.17, 15) is 18.0 Å². The molecule has 0 aromatic heterocycles. The predicted molar refractivity (Wildman–Crippen MR) is 80.6 cm³/mol. The van der Waals surface area contributed by atoms with Crippen molar-refractivity contribution in [2.24, 2.45) is 0 Å². The molecule has 0 saturated carbocycles. The van der Waals surface area contributed by atoms with Gasteiger partial charge in [-0.1, -0.05) is 0 Å². The van der Waals surface area contributed by atoms with Crippen LogP contribution in [-0.2, 0) is 19.0 Å². The van der Waals surface area contributed by atoms with Crippen LogP contribution < -0.4 is 0 Å². The van der Waals surface area contributed by atoms with Crippen LogP contribution in [0.5, 0.6) is 0 Å². The van der Waals surface area contributed by atoms with Crippen molar-refractivity contribution in [3.8, 4) is 0 Å². The Hall–Kier alpha value is -1.92. The van der Waals surface area contributed by atoms with Gasteiger partial charge in [0, 0.05) is 24.5 Å². The molecule has 2 aliphatic carbocycles. The van der Waals surface area contributed by atoms with Gasteiger partial charge in [-0.2, -0.15) is 13.2 Å². The number of halogens is 3. The van der Waals surface area contributed by atoms with E-state index in [-0.39, 0.29) is 12.7 Å². The molecule has 0 bridgehead atoms. The Kier molecular flexibility index (Phi) is 6.34. The largest absolute Gasteiger partial charge is 0.456 e. The van der Waals surface area contributed by atoms with Crippen LogP contribution in [0.4, 0.5) is 13.2 Å². The Morgan fingerprint density at radius 1 is 1.17 bits per heavy atom. The maximum Gasteiger partial charge on any atom is 0.410 e. The van der Waals surface area contributed by atoms with Crippen molar-refractivity contribution in [2.45, 2.75) is 57.9 Å². The zero-order chi connectivity index (χ0) is 17.6. The smallest absolute Gasteiger partial charge is 0.410 e. The summed E-state index contributed by atoms with van der Waals surface area (Å²) in [5, 5.41) is 0. The average Bonchev–Trinajstić information content (AvgIpc) is 3.16. The second kappa shape index (κ2) is 8.26. The lowest BCUT2D eigenvalue weighted by molar-refractivity contribution is -0.159. The number of hydrogen-bond donors (Lipinski definition) is 0. The summed E-state index contributed by atoms with van der Waals surface area (Å²) in [5.74, 6) is 0.486. The lowest BCUT2D eigenvalue weighted by Gasteiger charge is -2.21. The van der Waals surface area contributed by atoms with Gasteiger partial charge in [0.05, 0.1) is 11.5 Å². The topological polar surface area (TPSA) is 44.8 Å². The molecular weight excluding hydrogens is 325 g/mol. The SMILES string of the molecule is CC(=CC(F)(F)F)C(=O)OCC(OC1=CCCC1)OC1=CCCC1. The molecule has 4 nitrogen and oxygen atoms in total. The molecule has 2 aliphatic rings. The lowest BCUT2D eigenvalue weighted by Crippen LogP contribution is -2.25. The first kappa shape index (κ1) is 18.4. The summed E-state index contributed by atoms with van der Waals surface area (Å²) in [6, 6.07) is 0. The molecule has 0 heterocycles. The van der Waals surface area contributed by atoms with E-state index in [1.807, 2.05) is 12.2 Å². The molecule has 0 amide bonds. The van der Waals surface area contributed by atoms with Gasteiger partial charge >= 0.3 is 12.1 Å². The fourth-order valence-electron chi connectivity index (χ4n) is 2.49. The zero-order valence-corrected chi connectivity index (χ0v) is 13.5. The molecule has 0 fully saturated rings. The average molecular weight is 346 g/mol. The van der Waals surface area contributed by atoms with Gasteiger partial charge in [-0.05, 0) is 44.8 Å². The molecule has 2 rings (SSSR count). The van der Waals surface area contributed by atoms with Crippen LogP contribution in [0.2, 0.25) is 0 Å². The van der Waals surface area contributed by atoms with Crippen LogP contribution in [0.3, 0.4) is 0 Å². The van der Waals surface area contributed by atoms with Gasteiger partial charge in [-0.25, -0.2) is 4.79 Å². The molecule has 0 aromatic rings. The van der Waals surface area contributed by atoms with Gasteiger partial charge in [0.15, 0.2) is 6.61 Å². The Balaban J connectivity index is 1.91. The minimum Gasteiger partial charge on any atom is -0.456 e. The monoisotopic (exact) mass is 346 g/mol. The lowest BCUT2D eigenvalue weighted by atomic mass is 10.3. The Morgan fingerprint density at radius 3 is 2.12 bits per heavy atom. The van der Waals surface area contributed by atoms with Gasteiger partial charge in [0.25, 0.3) is 6.29 Å². The number of rotatable bonds is 7. The van der Waals surface area contributed by atoms with Gasteiger partial charge in [-0.15, -0.1) is 0 Å². The second-order valence-electron chi connectivity index (χ2n) is 5.76. The first-order valence-electron chi connectivity index (χ1n) is 7.98. The number of hydrogen-bond acceptors (Lipinski definition) is 4. The van der Waals surface area contributed by atoms with E-state index >= 15 is 0 Å². The number of carbonyl (C=O) groups excluding carboxylic acids is 1. The Morgan fingerprint density at radius 2 is 1.71 bits per heavy atom. The first-order chi connectivity index (χ1) is 11.3. The number of esters is 1. The summed E-state index contributed by atoms with van der Waals surface area (Å²) in [6.45, 7) is 0.794. The summed E-state index contributed by atoms with van der Waals surface area (Å²) in [6.07, 6.45) is 3.75. The van der Waals surface area contributed by atoms with Crippen LogP contribution in [0.15, 0.2) is 35.3 Å². The van der Waals surface area contributed by atoms with Crippen LogP contribution >= 0.6 is 0 Å². The van der Waals surface area contributed by atoms with E-state index in [1.54, 1.807) is 0 Å². The molecule has 0 radical (unpaired) electrons. The Labute approximate surface area is 138 Å². The third-order valence-electron chi connectivity index (χ3n) is 3.62. The minimum atomic E-state index is -4.56. The molecule has 0 atom stereocenters. The summed E-state index contributed by atoms with van der Waals surface area (Å²) >= 11 is 0. The van der Waals surface area contributed by atoms with Gasteiger partial charge < -0.3 is 14.2 Å². The maximum absolute atomic E-state index is 12.3. The van der Waals surface area contributed by atoms with Crippen molar-refractivity contribution < 1.29 is 32.2 Å². The van der Waals surface area contributed by atoms with E-state index in [2.05, 4.69) is 0 Å². The molecule has 7 heteroatoms. The van der Waals surface area contributed by atoms with Crippen LogP contribution in [0.1, 0.15) is 45.4 Å². The van der Waals surface area contributed by atoms with Crippen molar-refractivity contribution in [3.63, 3.8) is 0 Å². The molecule has 0 aliphatic heterocycles. The predicted octanol–water partition coefficient (Wildman–Crippen LogP) is 4.53. The normalized spacial score (nSPS) is 18.5. The van der Waals surface area contributed by atoms with E-state index in [1.165, 1.54) is 0 Å². The molecule has 0 aromatic carbocycles. The Bertz CT molecular complexity index is 521. The van der Waals surface area contributed by atoms with Crippen LogP contribution in [-0.4, -0.2) is 25.0 Å². The zero-order valence-electron chi connectivity index (χ0n) is 13.5. The van der Waals surface area contributed by atoms with E-state index in [0.717, 1.165) is 57.0 Å². The summed E-state index contributed by atoms with van der Waals surface area (Å²) in [4.78, 5) is 11.7. The highest BCUT2D eigenvalue weighted by Gasteiger charge is 2.26. The quantitative estimate of drug-likeness (QED) is 0.386. The van der Waals surface area contributed by atoms with Crippen molar-refractivity contribution in [1.29, 1.82) is 0 Å². The third kappa shape index (κ3) is 6.29. The van der Waals surface area contributed by atoms with E-state index in [0.29, 0.717) is 0 Å². The number of carbonyl (C=O) groups is 1. The molecule has 24 heavy (non-hydrogen) atoms. The van der Waals surface area contributed by atoms with Gasteiger partial charge in [0.1, 0.15) is 0 Å². The molecule has 134 valence electrons. The molecule has 0 N–H and O–H groups in total. The van der Waals surface area contributed by atoms with Gasteiger partial charge in [0.2, 0.25) is 0 Å². The highest BCUT2D eigenvalue weighted by atomic mass is 19.4. The van der Waals surface area contributed by atoms with Crippen LogP contribution in [0.25, 0.3) is 0 Å². The number of ether oxygens (including phenoxy) is 3. The van der Waals surface area contributed by atoms with Crippen molar-refractivity contribution in [3.05, 3.63) is 35.3 Å². The maximum atomic E-state index is 12.3. The summed E-state index contributed by atoms with van der Waals surface area (Å²) < 4.78 is 53.1. The van der Waals surface area contributed by atoms with Gasteiger partial charge in [-0.3, -0.25) is 0 Å². The summed E-state index contributed by atoms with van der Waals surface area (Å²) in [5.41, 5.74) is -0.513. The fraction of sp³-hybridized carbons (Fsp3) is 0.588. The third-order valence-corrected chi connectivity index (χ3v) is 3.62. The fourth-order valence-corrected chi connectivity index (χ4v) is 2.49. The van der Waals surface area contributed by atoms with Crippen molar-refractivity contribution in [1.82, 2.24) is 0 Å². The van der Waals surface area contributed by atoms with Crippen LogP contribution in [0, 0.1) is 0 Å². The van der Waals surface area contributed by atoms with Crippen molar-refractivity contribution >= 4 is 5.97 Å². The minimum absolute atomic E-state index is 0.0783. The number of allylic oxidation sites excluding steroid dienone is 5. The molecule has 0 spiro atoms. The van der Waals surface area contributed by atoms with Crippen molar-refractivity contribution in [2.75, 3.05) is 6.61 Å².